The highest BCUT2D eigenvalue weighted by molar-refractivity contribution is 5.82. The maximum Gasteiger partial charge on any atom is 0.303 e. The summed E-state index contributed by atoms with van der Waals surface area (Å²) in [5, 5.41) is 12.3. The molecule has 2 aromatic carbocycles. The average molecular weight is 583 g/mol. The van der Waals surface area contributed by atoms with Crippen LogP contribution in [-0.4, -0.2) is 72.7 Å². The Hall–Kier alpha value is -2.86. The van der Waals surface area contributed by atoms with Gasteiger partial charge in [-0.3, -0.25) is 9.59 Å². The van der Waals surface area contributed by atoms with Crippen LogP contribution >= 0.6 is 0 Å². The minimum atomic E-state index is -0.850. The number of hydrogen-bond donors (Lipinski definition) is 2. The Kier molecular flexibility index (Phi) is 9.92. The number of likely N-dealkylation sites (tertiary alicyclic amines) is 1. The Morgan fingerprint density at radius 1 is 1.00 bits per heavy atom. The SMILES string of the molecule is CC(=O)O[C@@H](C)C(=O)NCc1ccc([C@H]2O[C@@H](CN3CCC4(CC3)OCCO4)[C@@H](C)[C@@H](c3ccc(CO)cc3)O2)cc1. The molecular weight excluding hydrogens is 540 g/mol. The molecule has 3 fully saturated rings. The Labute approximate surface area is 247 Å². The van der Waals surface area contributed by atoms with Crippen molar-refractivity contribution in [3.8, 4) is 0 Å². The van der Waals surface area contributed by atoms with E-state index in [2.05, 4.69) is 17.1 Å². The zero-order valence-electron chi connectivity index (χ0n) is 24.6. The van der Waals surface area contributed by atoms with Gasteiger partial charge in [0.05, 0.1) is 32.0 Å². The highest BCUT2D eigenvalue weighted by Crippen LogP contribution is 2.42. The molecule has 5 atom stereocenters. The molecule has 42 heavy (non-hydrogen) atoms. The van der Waals surface area contributed by atoms with Crippen LogP contribution in [0.15, 0.2) is 48.5 Å². The monoisotopic (exact) mass is 582 g/mol. The van der Waals surface area contributed by atoms with Gasteiger partial charge < -0.3 is 39.0 Å². The van der Waals surface area contributed by atoms with Crippen molar-refractivity contribution in [1.29, 1.82) is 0 Å². The lowest BCUT2D eigenvalue weighted by Gasteiger charge is -2.44. The van der Waals surface area contributed by atoms with Gasteiger partial charge in [-0.15, -0.1) is 0 Å². The molecule has 0 saturated carbocycles. The van der Waals surface area contributed by atoms with Gasteiger partial charge in [-0.05, 0) is 23.6 Å². The highest BCUT2D eigenvalue weighted by Gasteiger charge is 2.43. The predicted molar refractivity (Wildman–Crippen MR) is 153 cm³/mol. The predicted octanol–water partition coefficient (Wildman–Crippen LogP) is 3.38. The molecule has 0 radical (unpaired) electrons. The van der Waals surface area contributed by atoms with E-state index in [0.717, 1.165) is 54.7 Å². The van der Waals surface area contributed by atoms with Crippen molar-refractivity contribution in [3.63, 3.8) is 0 Å². The molecule has 0 bridgehead atoms. The quantitative estimate of drug-likeness (QED) is 0.430. The van der Waals surface area contributed by atoms with Crippen LogP contribution in [0.25, 0.3) is 0 Å². The molecule has 0 aliphatic carbocycles. The Morgan fingerprint density at radius 3 is 2.24 bits per heavy atom. The first-order valence-corrected chi connectivity index (χ1v) is 14.8. The molecule has 3 saturated heterocycles. The average Bonchev–Trinajstić information content (AvgIpc) is 3.46. The Morgan fingerprint density at radius 2 is 1.62 bits per heavy atom. The highest BCUT2D eigenvalue weighted by atomic mass is 16.7. The summed E-state index contributed by atoms with van der Waals surface area (Å²) in [6.07, 6.45) is -0.000734. The molecule has 1 spiro atoms. The van der Waals surface area contributed by atoms with Gasteiger partial charge in [0.25, 0.3) is 5.91 Å². The fraction of sp³-hybridized carbons (Fsp3) is 0.562. The van der Waals surface area contributed by atoms with E-state index in [0.29, 0.717) is 19.8 Å². The fourth-order valence-electron chi connectivity index (χ4n) is 5.87. The van der Waals surface area contributed by atoms with E-state index >= 15 is 0 Å². The van der Waals surface area contributed by atoms with Gasteiger partial charge in [-0.25, -0.2) is 0 Å². The summed E-state index contributed by atoms with van der Waals surface area (Å²) >= 11 is 0. The first kappa shape index (κ1) is 30.6. The summed E-state index contributed by atoms with van der Waals surface area (Å²) in [4.78, 5) is 25.8. The van der Waals surface area contributed by atoms with Gasteiger partial charge in [0, 0.05) is 57.4 Å². The summed E-state index contributed by atoms with van der Waals surface area (Å²) in [5.41, 5.74) is 3.69. The molecule has 2 aromatic rings. The molecule has 3 aliphatic rings. The molecule has 10 nitrogen and oxygen atoms in total. The summed E-state index contributed by atoms with van der Waals surface area (Å²) in [6.45, 7) is 9.15. The molecule has 10 heteroatoms. The molecule has 2 N–H and O–H groups in total. The van der Waals surface area contributed by atoms with Crippen LogP contribution in [0, 0.1) is 5.92 Å². The summed E-state index contributed by atoms with van der Waals surface area (Å²) in [5.74, 6) is -1.18. The summed E-state index contributed by atoms with van der Waals surface area (Å²) < 4.78 is 30.0. The van der Waals surface area contributed by atoms with Crippen LogP contribution in [0.1, 0.15) is 68.3 Å². The number of rotatable bonds is 9. The number of benzene rings is 2. The first-order valence-electron chi connectivity index (χ1n) is 14.8. The lowest BCUT2D eigenvalue weighted by molar-refractivity contribution is -0.278. The number of esters is 1. The van der Waals surface area contributed by atoms with Crippen LogP contribution < -0.4 is 5.32 Å². The van der Waals surface area contributed by atoms with Crippen LogP contribution in [-0.2, 0) is 46.4 Å². The number of nitrogens with one attached hydrogen (secondary N) is 1. The Bertz CT molecular complexity index is 1190. The molecule has 0 unspecified atom stereocenters. The zero-order valence-corrected chi connectivity index (χ0v) is 24.6. The minimum absolute atomic E-state index is 0.00490. The van der Waals surface area contributed by atoms with Gasteiger partial charge in [-0.2, -0.15) is 0 Å². The van der Waals surface area contributed by atoms with Crippen molar-refractivity contribution < 1.29 is 38.4 Å². The van der Waals surface area contributed by atoms with Crippen molar-refractivity contribution in [1.82, 2.24) is 10.2 Å². The van der Waals surface area contributed by atoms with E-state index < -0.39 is 24.2 Å². The number of aliphatic hydroxyl groups is 1. The first-order chi connectivity index (χ1) is 20.2. The van der Waals surface area contributed by atoms with E-state index in [9.17, 15) is 14.7 Å². The van der Waals surface area contributed by atoms with E-state index in [1.165, 1.54) is 6.92 Å². The zero-order chi connectivity index (χ0) is 29.7. The summed E-state index contributed by atoms with van der Waals surface area (Å²) in [7, 11) is 0. The number of nitrogens with zero attached hydrogens (tertiary/aromatic N) is 1. The standard InChI is InChI=1S/C32H42N2O8/c1-21-28(19-34-14-12-32(13-15-34)38-16-17-39-32)41-31(42-29(21)26-8-6-25(20-35)7-9-26)27-10-4-24(5-11-27)18-33-30(37)22(2)40-23(3)36/h4-11,21-22,28-29,31,35H,12-20H2,1-3H3,(H,33,37)/t21-,22+,28+,29+,31+/m1/s1. The van der Waals surface area contributed by atoms with E-state index in [-0.39, 0.29) is 30.6 Å². The number of aliphatic hydroxyl groups excluding tert-OH is 1. The molecule has 3 aliphatic heterocycles. The second-order valence-corrected chi connectivity index (χ2v) is 11.4. The van der Waals surface area contributed by atoms with Crippen LogP contribution in [0.3, 0.4) is 0 Å². The molecule has 228 valence electrons. The number of carbonyl (C=O) groups is 2. The van der Waals surface area contributed by atoms with Gasteiger partial charge in [0.1, 0.15) is 0 Å². The van der Waals surface area contributed by atoms with Gasteiger partial charge in [0.2, 0.25) is 0 Å². The maximum atomic E-state index is 12.2. The number of carbonyl (C=O) groups excluding carboxylic acids is 2. The molecule has 0 aromatic heterocycles. The maximum absolute atomic E-state index is 12.2. The third kappa shape index (κ3) is 7.37. The lowest BCUT2D eigenvalue weighted by atomic mass is 9.89. The normalized spacial score (nSPS) is 26.6. The minimum Gasteiger partial charge on any atom is -0.453 e. The topological polar surface area (TPSA) is 116 Å². The lowest BCUT2D eigenvalue weighted by Crippen LogP contribution is -2.50. The molecular formula is C32H42N2O8. The van der Waals surface area contributed by atoms with Crippen molar-refractivity contribution in [3.05, 3.63) is 70.8 Å². The molecule has 3 heterocycles. The smallest absolute Gasteiger partial charge is 0.303 e. The third-order valence-corrected chi connectivity index (χ3v) is 8.42. The van der Waals surface area contributed by atoms with E-state index in [4.69, 9.17) is 23.7 Å². The molecule has 5 rings (SSSR count). The van der Waals surface area contributed by atoms with E-state index in [1.54, 1.807) is 6.92 Å². The van der Waals surface area contributed by atoms with Crippen molar-refractivity contribution in [2.45, 2.75) is 77.2 Å². The number of amides is 1. The van der Waals surface area contributed by atoms with Crippen molar-refractivity contribution in [2.24, 2.45) is 5.92 Å². The van der Waals surface area contributed by atoms with Crippen LogP contribution in [0.5, 0.6) is 0 Å². The van der Waals surface area contributed by atoms with Crippen molar-refractivity contribution in [2.75, 3.05) is 32.8 Å². The number of hydrogen-bond acceptors (Lipinski definition) is 9. The second kappa shape index (κ2) is 13.6. The third-order valence-electron chi connectivity index (χ3n) is 8.42. The largest absolute Gasteiger partial charge is 0.453 e. The fourth-order valence-corrected chi connectivity index (χ4v) is 5.87. The van der Waals surface area contributed by atoms with Gasteiger partial charge in [0.15, 0.2) is 18.2 Å². The molecule has 1 amide bonds. The van der Waals surface area contributed by atoms with Crippen LogP contribution in [0.4, 0.5) is 0 Å². The number of ether oxygens (including phenoxy) is 5. The van der Waals surface area contributed by atoms with E-state index in [1.807, 2.05) is 48.5 Å². The van der Waals surface area contributed by atoms with Crippen LogP contribution in [0.2, 0.25) is 0 Å². The van der Waals surface area contributed by atoms with Gasteiger partial charge in [-0.1, -0.05) is 55.5 Å². The van der Waals surface area contributed by atoms with Crippen molar-refractivity contribution >= 4 is 11.9 Å². The number of piperidine rings is 1. The summed E-state index contributed by atoms with van der Waals surface area (Å²) in [6, 6.07) is 15.7. The van der Waals surface area contributed by atoms with Gasteiger partial charge >= 0.3 is 5.97 Å². The second-order valence-electron chi connectivity index (χ2n) is 11.4. The Balaban J connectivity index is 1.27.